The number of aromatic hydroxyl groups is 1. The van der Waals surface area contributed by atoms with Gasteiger partial charge in [0, 0.05) is 19.7 Å². The molecule has 0 spiro atoms. The Morgan fingerprint density at radius 3 is 2.79 bits per heavy atom. The Balaban J connectivity index is 2.21. The maximum atomic E-state index is 12.4. The summed E-state index contributed by atoms with van der Waals surface area (Å²) in [5.41, 5.74) is 5.57. The monoisotopic (exact) mass is 286 g/mol. The molecule has 0 bridgehead atoms. The van der Waals surface area contributed by atoms with Crippen LogP contribution in [0, 0.1) is 5.92 Å². The summed E-state index contributed by atoms with van der Waals surface area (Å²) >= 11 is 0. The van der Waals surface area contributed by atoms with Crippen molar-refractivity contribution in [2.45, 2.75) is 17.7 Å². The molecule has 1 aromatic rings. The molecule has 7 heteroatoms. The van der Waals surface area contributed by atoms with Gasteiger partial charge in [0.05, 0.1) is 10.6 Å². The Labute approximate surface area is 112 Å². The fourth-order valence-corrected chi connectivity index (χ4v) is 3.84. The molecule has 19 heavy (non-hydrogen) atoms. The number of hydrogen-bond donors (Lipinski definition) is 3. The number of aliphatic hydroxyl groups is 1. The number of aliphatic hydroxyl groups excluding tert-OH is 1. The van der Waals surface area contributed by atoms with Crippen molar-refractivity contribution in [1.29, 1.82) is 0 Å². The van der Waals surface area contributed by atoms with E-state index in [4.69, 9.17) is 10.8 Å². The van der Waals surface area contributed by atoms with Crippen molar-refractivity contribution in [3.63, 3.8) is 0 Å². The summed E-state index contributed by atoms with van der Waals surface area (Å²) in [6.07, 6.45) is 1.37. The minimum absolute atomic E-state index is 0.0483. The molecular weight excluding hydrogens is 268 g/mol. The Bertz CT molecular complexity index is 559. The second-order valence-corrected chi connectivity index (χ2v) is 6.69. The molecule has 1 aliphatic rings. The molecule has 0 aliphatic carbocycles. The third kappa shape index (κ3) is 2.83. The highest BCUT2D eigenvalue weighted by Crippen LogP contribution is 2.29. The van der Waals surface area contributed by atoms with Gasteiger partial charge < -0.3 is 15.9 Å². The van der Waals surface area contributed by atoms with Crippen LogP contribution >= 0.6 is 0 Å². The van der Waals surface area contributed by atoms with E-state index >= 15 is 0 Å². The maximum Gasteiger partial charge on any atom is 0.243 e. The third-order valence-corrected chi connectivity index (χ3v) is 5.28. The highest BCUT2D eigenvalue weighted by atomic mass is 32.2. The molecule has 1 atom stereocenters. The summed E-state index contributed by atoms with van der Waals surface area (Å²) in [5, 5.41) is 18.2. The molecule has 0 saturated carbocycles. The van der Waals surface area contributed by atoms with Crippen LogP contribution in [-0.4, -0.2) is 42.6 Å². The molecule has 1 heterocycles. The van der Waals surface area contributed by atoms with Crippen LogP contribution in [0.1, 0.15) is 12.8 Å². The molecule has 2 rings (SSSR count). The van der Waals surface area contributed by atoms with Gasteiger partial charge in [-0.25, -0.2) is 8.42 Å². The van der Waals surface area contributed by atoms with Crippen LogP contribution < -0.4 is 5.73 Å². The predicted octanol–water partition coefficient (Wildman–Crippen LogP) is 0.367. The van der Waals surface area contributed by atoms with E-state index in [1.54, 1.807) is 0 Å². The number of phenols is 1. The number of nitrogens with zero attached hydrogens (tertiary/aromatic N) is 1. The van der Waals surface area contributed by atoms with Crippen molar-refractivity contribution in [3.8, 4) is 5.75 Å². The van der Waals surface area contributed by atoms with Gasteiger partial charge in [-0.15, -0.1) is 0 Å². The van der Waals surface area contributed by atoms with Gasteiger partial charge in [-0.3, -0.25) is 0 Å². The summed E-state index contributed by atoms with van der Waals surface area (Å²) in [4.78, 5) is 0.0902. The zero-order chi connectivity index (χ0) is 14.0. The first-order valence-corrected chi connectivity index (χ1v) is 7.58. The zero-order valence-corrected chi connectivity index (χ0v) is 11.3. The van der Waals surface area contributed by atoms with Crippen molar-refractivity contribution >= 4 is 15.7 Å². The van der Waals surface area contributed by atoms with Crippen LogP contribution in [0.2, 0.25) is 0 Å². The quantitative estimate of drug-likeness (QED) is 0.548. The molecule has 6 nitrogen and oxygen atoms in total. The number of sulfonamides is 1. The van der Waals surface area contributed by atoms with Crippen molar-refractivity contribution in [2.24, 2.45) is 5.92 Å². The van der Waals surface area contributed by atoms with Crippen molar-refractivity contribution in [1.82, 2.24) is 4.31 Å². The van der Waals surface area contributed by atoms with Crippen LogP contribution in [-0.2, 0) is 10.0 Å². The van der Waals surface area contributed by atoms with Crippen LogP contribution in [0.3, 0.4) is 0 Å². The number of rotatable bonds is 4. The van der Waals surface area contributed by atoms with E-state index in [0.29, 0.717) is 19.5 Å². The summed E-state index contributed by atoms with van der Waals surface area (Å²) in [5.74, 6) is 0.0766. The number of nitrogen functional groups attached to an aromatic ring is 1. The summed E-state index contributed by atoms with van der Waals surface area (Å²) in [6, 6.07) is 3.90. The Hall–Kier alpha value is -1.31. The first kappa shape index (κ1) is 14.1. The molecule has 1 aromatic carbocycles. The SMILES string of the molecule is Nc1cc(S(=O)(=O)N2CCC(CCO)C2)ccc1O. The topological polar surface area (TPSA) is 104 Å². The fourth-order valence-electron chi connectivity index (χ4n) is 2.28. The van der Waals surface area contributed by atoms with Crippen molar-refractivity contribution in [3.05, 3.63) is 18.2 Å². The molecular formula is C12H18N2O4S. The Morgan fingerprint density at radius 1 is 1.42 bits per heavy atom. The third-order valence-electron chi connectivity index (χ3n) is 3.42. The normalized spacial score (nSPS) is 20.8. The first-order valence-electron chi connectivity index (χ1n) is 6.14. The van der Waals surface area contributed by atoms with E-state index in [-0.39, 0.29) is 28.9 Å². The Kier molecular flexibility index (Phi) is 3.98. The van der Waals surface area contributed by atoms with E-state index in [0.717, 1.165) is 6.42 Å². The first-order chi connectivity index (χ1) is 8.95. The van der Waals surface area contributed by atoms with Crippen LogP contribution in [0.15, 0.2) is 23.1 Å². The fraction of sp³-hybridized carbons (Fsp3) is 0.500. The number of hydrogen-bond acceptors (Lipinski definition) is 5. The smallest absolute Gasteiger partial charge is 0.243 e. The average Bonchev–Trinajstić information content (AvgIpc) is 2.82. The largest absolute Gasteiger partial charge is 0.506 e. The zero-order valence-electron chi connectivity index (χ0n) is 10.5. The van der Waals surface area contributed by atoms with Crippen LogP contribution in [0.25, 0.3) is 0 Å². The molecule has 1 unspecified atom stereocenters. The van der Waals surface area contributed by atoms with Gasteiger partial charge in [0.15, 0.2) is 0 Å². The molecule has 1 fully saturated rings. The molecule has 4 N–H and O–H groups in total. The van der Waals surface area contributed by atoms with Gasteiger partial charge in [0.1, 0.15) is 5.75 Å². The molecule has 1 aliphatic heterocycles. The van der Waals surface area contributed by atoms with Gasteiger partial charge in [-0.2, -0.15) is 4.31 Å². The van der Waals surface area contributed by atoms with Gasteiger partial charge in [-0.1, -0.05) is 0 Å². The van der Waals surface area contributed by atoms with E-state index in [1.807, 2.05) is 0 Å². The van der Waals surface area contributed by atoms with Gasteiger partial charge >= 0.3 is 0 Å². The van der Waals surface area contributed by atoms with Crippen LogP contribution in [0.5, 0.6) is 5.75 Å². The molecule has 1 saturated heterocycles. The highest BCUT2D eigenvalue weighted by molar-refractivity contribution is 7.89. The number of phenolic OH excluding ortho intramolecular Hbond substituents is 1. The summed E-state index contributed by atoms with van der Waals surface area (Å²) in [6.45, 7) is 0.947. The predicted molar refractivity (Wildman–Crippen MR) is 71.1 cm³/mol. The second-order valence-electron chi connectivity index (χ2n) is 4.75. The lowest BCUT2D eigenvalue weighted by Crippen LogP contribution is -2.29. The maximum absolute atomic E-state index is 12.4. The number of benzene rings is 1. The van der Waals surface area contributed by atoms with E-state index < -0.39 is 10.0 Å². The lowest BCUT2D eigenvalue weighted by molar-refractivity contribution is 0.259. The minimum atomic E-state index is -3.57. The molecule has 0 aromatic heterocycles. The average molecular weight is 286 g/mol. The van der Waals surface area contributed by atoms with Crippen LogP contribution in [0.4, 0.5) is 5.69 Å². The lowest BCUT2D eigenvalue weighted by Gasteiger charge is -2.17. The summed E-state index contributed by atoms with van der Waals surface area (Å²) in [7, 11) is -3.57. The highest BCUT2D eigenvalue weighted by Gasteiger charge is 2.32. The molecule has 0 amide bonds. The van der Waals surface area contributed by atoms with Gasteiger partial charge in [0.25, 0.3) is 0 Å². The molecule has 0 radical (unpaired) electrons. The minimum Gasteiger partial charge on any atom is -0.506 e. The van der Waals surface area contributed by atoms with Crippen molar-refractivity contribution < 1.29 is 18.6 Å². The van der Waals surface area contributed by atoms with E-state index in [2.05, 4.69) is 0 Å². The molecule has 106 valence electrons. The van der Waals surface area contributed by atoms with Gasteiger partial charge in [0.2, 0.25) is 10.0 Å². The lowest BCUT2D eigenvalue weighted by atomic mass is 10.1. The van der Waals surface area contributed by atoms with E-state index in [1.165, 1.54) is 22.5 Å². The van der Waals surface area contributed by atoms with Gasteiger partial charge in [-0.05, 0) is 37.0 Å². The number of anilines is 1. The van der Waals surface area contributed by atoms with Crippen molar-refractivity contribution in [2.75, 3.05) is 25.4 Å². The number of nitrogens with two attached hydrogens (primary N) is 1. The second kappa shape index (κ2) is 5.36. The summed E-state index contributed by atoms with van der Waals surface area (Å²) < 4.78 is 26.1. The van der Waals surface area contributed by atoms with E-state index in [9.17, 15) is 13.5 Å². The Morgan fingerprint density at radius 2 is 2.16 bits per heavy atom. The standard InChI is InChI=1S/C12H18N2O4S/c13-11-7-10(1-2-12(11)16)19(17,18)14-5-3-9(8-14)4-6-15/h1-2,7,9,15-16H,3-6,8,13H2.